The average molecular weight is 541 g/mol. The van der Waals surface area contributed by atoms with Crippen LogP contribution in [0.2, 0.25) is 5.02 Å². The number of rotatable bonds is 10. The maximum Gasteiger partial charge on any atom is 0.416 e. The van der Waals surface area contributed by atoms with Gasteiger partial charge < -0.3 is 14.8 Å². The predicted octanol–water partition coefficient (Wildman–Crippen LogP) is 7.61. The van der Waals surface area contributed by atoms with Gasteiger partial charge in [-0.1, -0.05) is 35.9 Å². The van der Waals surface area contributed by atoms with Gasteiger partial charge in [0.2, 0.25) is 0 Å². The molecule has 0 saturated carbocycles. The van der Waals surface area contributed by atoms with Crippen molar-refractivity contribution in [2.45, 2.75) is 26.1 Å². The number of carbonyl (C=O) groups is 1. The fraction of sp³-hybridized carbons (Fsp3) is 0.172. The van der Waals surface area contributed by atoms with E-state index in [0.717, 1.165) is 17.7 Å². The van der Waals surface area contributed by atoms with Crippen molar-refractivity contribution in [2.75, 3.05) is 11.9 Å². The first-order chi connectivity index (χ1) is 18.1. The van der Waals surface area contributed by atoms with E-state index in [1.54, 1.807) is 37.3 Å². The number of nitrogens with zero attached hydrogens (tertiary/aromatic N) is 1. The summed E-state index contributed by atoms with van der Waals surface area (Å²) in [6.07, 6.45) is -1.15. The molecular formula is C29H24ClF3N2O3. The zero-order valence-corrected chi connectivity index (χ0v) is 21.2. The van der Waals surface area contributed by atoms with Crippen LogP contribution in [0.1, 0.15) is 29.2 Å². The molecule has 196 valence electrons. The SMILES string of the molecule is C=CCc1cc(/C=C(\C#N)C(=O)Nc2cccc(C(F)(F)F)c2)cc(OCC)c1OCc1cccc(Cl)c1. The number of carbonyl (C=O) groups excluding carboxylic acids is 1. The largest absolute Gasteiger partial charge is 0.490 e. The lowest BCUT2D eigenvalue weighted by molar-refractivity contribution is -0.137. The van der Waals surface area contributed by atoms with Gasteiger partial charge in [-0.15, -0.1) is 6.58 Å². The highest BCUT2D eigenvalue weighted by Crippen LogP contribution is 2.36. The molecule has 0 unspecified atom stereocenters. The fourth-order valence-corrected chi connectivity index (χ4v) is 3.78. The van der Waals surface area contributed by atoms with Gasteiger partial charge in [0.1, 0.15) is 18.2 Å². The van der Waals surface area contributed by atoms with Crippen molar-refractivity contribution < 1.29 is 27.4 Å². The van der Waals surface area contributed by atoms with Crippen molar-refractivity contribution in [1.82, 2.24) is 0 Å². The van der Waals surface area contributed by atoms with Crippen molar-refractivity contribution in [3.8, 4) is 17.6 Å². The van der Waals surface area contributed by atoms with Crippen molar-refractivity contribution in [1.29, 1.82) is 5.26 Å². The molecule has 1 amide bonds. The molecule has 0 fully saturated rings. The van der Waals surface area contributed by atoms with Crippen LogP contribution in [0.5, 0.6) is 11.5 Å². The molecule has 3 aromatic rings. The molecule has 0 saturated heterocycles. The zero-order chi connectivity index (χ0) is 27.7. The van der Waals surface area contributed by atoms with Crippen LogP contribution in [0.15, 0.2) is 78.9 Å². The number of hydrogen-bond acceptors (Lipinski definition) is 4. The Morgan fingerprint density at radius 2 is 1.89 bits per heavy atom. The molecule has 1 N–H and O–H groups in total. The Bertz CT molecular complexity index is 1390. The molecule has 0 radical (unpaired) electrons. The van der Waals surface area contributed by atoms with Crippen LogP contribution in [-0.4, -0.2) is 12.5 Å². The van der Waals surface area contributed by atoms with Crippen molar-refractivity contribution in [3.63, 3.8) is 0 Å². The number of alkyl halides is 3. The summed E-state index contributed by atoms with van der Waals surface area (Å²) in [6.45, 7) is 6.14. The van der Waals surface area contributed by atoms with Crippen LogP contribution < -0.4 is 14.8 Å². The van der Waals surface area contributed by atoms with E-state index >= 15 is 0 Å². The molecule has 9 heteroatoms. The molecule has 0 aliphatic carbocycles. The number of ether oxygens (including phenoxy) is 2. The summed E-state index contributed by atoms with van der Waals surface area (Å²) < 4.78 is 50.9. The molecular weight excluding hydrogens is 517 g/mol. The van der Waals surface area contributed by atoms with E-state index in [4.69, 9.17) is 21.1 Å². The van der Waals surface area contributed by atoms with Gasteiger partial charge in [-0.25, -0.2) is 0 Å². The van der Waals surface area contributed by atoms with Crippen LogP contribution >= 0.6 is 11.6 Å². The van der Waals surface area contributed by atoms with Gasteiger partial charge in [-0.05, 0) is 73.0 Å². The standard InChI is InChI=1S/C29H24ClF3N2O3/c1-3-7-21-12-20(15-26(37-4-2)27(21)38-18-19-8-5-10-24(30)14-19)13-22(17-34)28(36)35-25-11-6-9-23(16-25)29(31,32)33/h3,5-6,8-16H,1,4,7,18H2,2H3,(H,35,36)/b22-13+. The Morgan fingerprint density at radius 3 is 2.55 bits per heavy atom. The highest BCUT2D eigenvalue weighted by Gasteiger charge is 2.30. The highest BCUT2D eigenvalue weighted by atomic mass is 35.5. The molecule has 0 bridgehead atoms. The summed E-state index contributed by atoms with van der Waals surface area (Å²) in [5.41, 5.74) is 0.721. The van der Waals surface area contributed by atoms with Gasteiger partial charge in [0, 0.05) is 16.3 Å². The van der Waals surface area contributed by atoms with Gasteiger partial charge >= 0.3 is 6.18 Å². The lowest BCUT2D eigenvalue weighted by Crippen LogP contribution is -2.14. The minimum Gasteiger partial charge on any atom is -0.490 e. The van der Waals surface area contributed by atoms with E-state index < -0.39 is 17.6 Å². The average Bonchev–Trinajstić information content (AvgIpc) is 2.87. The number of nitrogens with one attached hydrogen (secondary N) is 1. The molecule has 0 spiro atoms. The van der Waals surface area contributed by atoms with Gasteiger partial charge in [-0.3, -0.25) is 4.79 Å². The quantitative estimate of drug-likeness (QED) is 0.163. The molecule has 0 aliphatic rings. The third-order valence-electron chi connectivity index (χ3n) is 5.21. The van der Waals surface area contributed by atoms with Gasteiger partial charge in [0.15, 0.2) is 11.5 Å². The van der Waals surface area contributed by atoms with E-state index in [9.17, 15) is 23.2 Å². The first-order valence-electron chi connectivity index (χ1n) is 11.5. The molecule has 0 heterocycles. The summed E-state index contributed by atoms with van der Waals surface area (Å²) in [5.74, 6) is 0.0304. The normalized spacial score (nSPS) is 11.4. The second kappa shape index (κ2) is 12.8. The summed E-state index contributed by atoms with van der Waals surface area (Å²) in [4.78, 5) is 12.7. The van der Waals surface area contributed by atoms with Crippen LogP contribution in [0.3, 0.4) is 0 Å². The summed E-state index contributed by atoms with van der Waals surface area (Å²) >= 11 is 6.07. The van der Waals surface area contributed by atoms with E-state index in [-0.39, 0.29) is 17.9 Å². The summed E-state index contributed by atoms with van der Waals surface area (Å²) in [6, 6.07) is 16.6. The molecule has 5 nitrogen and oxygen atoms in total. The Balaban J connectivity index is 1.92. The van der Waals surface area contributed by atoms with Gasteiger partial charge in [-0.2, -0.15) is 18.4 Å². The van der Waals surface area contributed by atoms with Crippen molar-refractivity contribution >= 4 is 29.3 Å². The third-order valence-corrected chi connectivity index (χ3v) is 5.45. The number of benzene rings is 3. The highest BCUT2D eigenvalue weighted by molar-refractivity contribution is 6.30. The van der Waals surface area contributed by atoms with Gasteiger partial charge in [0.25, 0.3) is 5.91 Å². The number of anilines is 1. The number of allylic oxidation sites excluding steroid dienone is 1. The molecule has 3 aromatic carbocycles. The zero-order valence-electron chi connectivity index (χ0n) is 20.4. The Hall–Kier alpha value is -4.22. The Kier molecular flexibility index (Phi) is 9.58. The van der Waals surface area contributed by atoms with Crippen molar-refractivity contribution in [2.24, 2.45) is 0 Å². The van der Waals surface area contributed by atoms with E-state index in [0.29, 0.717) is 40.7 Å². The van der Waals surface area contributed by atoms with E-state index in [2.05, 4.69) is 11.9 Å². The second-order valence-corrected chi connectivity index (χ2v) is 8.49. The maximum absolute atomic E-state index is 13.0. The van der Waals surface area contributed by atoms with E-state index in [1.165, 1.54) is 18.2 Å². The Morgan fingerprint density at radius 1 is 1.13 bits per heavy atom. The van der Waals surface area contributed by atoms with Crippen LogP contribution in [0.4, 0.5) is 18.9 Å². The summed E-state index contributed by atoms with van der Waals surface area (Å²) in [7, 11) is 0. The molecule has 0 aliphatic heterocycles. The smallest absolute Gasteiger partial charge is 0.416 e. The number of halogens is 4. The predicted molar refractivity (Wildman–Crippen MR) is 141 cm³/mol. The third kappa shape index (κ3) is 7.64. The fourth-order valence-electron chi connectivity index (χ4n) is 3.57. The van der Waals surface area contributed by atoms with Gasteiger partial charge in [0.05, 0.1) is 12.2 Å². The topological polar surface area (TPSA) is 71.4 Å². The lowest BCUT2D eigenvalue weighted by Gasteiger charge is -2.17. The molecule has 38 heavy (non-hydrogen) atoms. The second-order valence-electron chi connectivity index (χ2n) is 8.05. The first-order valence-corrected chi connectivity index (χ1v) is 11.9. The van der Waals surface area contributed by atoms with Crippen LogP contribution in [-0.2, 0) is 24.0 Å². The molecule has 3 rings (SSSR count). The summed E-state index contributed by atoms with van der Waals surface area (Å²) in [5, 5.41) is 12.5. The minimum absolute atomic E-state index is 0.0851. The van der Waals surface area contributed by atoms with Crippen LogP contribution in [0, 0.1) is 11.3 Å². The van der Waals surface area contributed by atoms with E-state index in [1.807, 2.05) is 18.2 Å². The first kappa shape index (κ1) is 28.4. The van der Waals surface area contributed by atoms with Crippen LogP contribution in [0.25, 0.3) is 6.08 Å². The number of amides is 1. The number of hydrogen-bond donors (Lipinski definition) is 1. The Labute approximate surface area is 223 Å². The maximum atomic E-state index is 13.0. The lowest BCUT2D eigenvalue weighted by atomic mass is 10.0. The number of nitriles is 1. The molecule has 0 atom stereocenters. The monoisotopic (exact) mass is 540 g/mol. The van der Waals surface area contributed by atoms with Crippen molar-refractivity contribution in [3.05, 3.63) is 106 Å². The molecule has 0 aromatic heterocycles. The minimum atomic E-state index is -4.57.